The summed E-state index contributed by atoms with van der Waals surface area (Å²) in [4.78, 5) is 11.5. The highest BCUT2D eigenvalue weighted by molar-refractivity contribution is 6.31. The van der Waals surface area contributed by atoms with E-state index >= 15 is 0 Å². The van der Waals surface area contributed by atoms with Crippen LogP contribution in [0.1, 0.15) is 23.7 Å². The number of hydrogen-bond donors (Lipinski definition) is 0. The first-order chi connectivity index (χ1) is 9.76. The fraction of sp³-hybridized carbons (Fsp3) is 0.214. The predicted molar refractivity (Wildman–Crippen MR) is 75.9 cm³/mol. The summed E-state index contributed by atoms with van der Waals surface area (Å²) in [7, 11) is 0. The van der Waals surface area contributed by atoms with E-state index in [0.29, 0.717) is 22.2 Å². The summed E-state index contributed by atoms with van der Waals surface area (Å²) in [6.07, 6.45) is 2.99. The maximum atomic E-state index is 11.5. The van der Waals surface area contributed by atoms with Crippen molar-refractivity contribution >= 4 is 28.8 Å². The van der Waals surface area contributed by atoms with Gasteiger partial charge in [0.1, 0.15) is 5.69 Å². The van der Waals surface area contributed by atoms with Gasteiger partial charge in [0.2, 0.25) is 6.39 Å². The van der Waals surface area contributed by atoms with Crippen LogP contribution in [0.2, 0.25) is 5.02 Å². The van der Waals surface area contributed by atoms with Gasteiger partial charge in [-0.05, 0) is 18.6 Å². The Kier molecular flexibility index (Phi) is 3.28. The molecule has 0 fully saturated rings. The Balaban J connectivity index is 2.41. The van der Waals surface area contributed by atoms with Crippen LogP contribution in [-0.4, -0.2) is 21.1 Å². The molecule has 1 aromatic carbocycles. The molecular formula is C14H12ClN3O2. The average Bonchev–Trinajstić information content (AvgIpc) is 3.05. The molecular weight excluding hydrogens is 278 g/mol. The number of hydrogen-bond acceptors (Lipinski definition) is 4. The normalized spacial score (nSPS) is 11.1. The average molecular weight is 290 g/mol. The van der Waals surface area contributed by atoms with Crippen molar-refractivity contribution in [1.82, 2.24) is 14.8 Å². The molecule has 3 rings (SSSR count). The lowest BCUT2D eigenvalue weighted by Gasteiger charge is -2.06. The van der Waals surface area contributed by atoms with Crippen molar-refractivity contribution in [3.05, 3.63) is 35.2 Å². The van der Waals surface area contributed by atoms with Crippen molar-refractivity contribution in [3.63, 3.8) is 0 Å². The Morgan fingerprint density at radius 1 is 1.45 bits per heavy atom. The number of carbonyl (C=O) groups excluding carboxylic acids is 1. The van der Waals surface area contributed by atoms with Crippen LogP contribution in [0.3, 0.4) is 0 Å². The second-order valence-corrected chi connectivity index (χ2v) is 4.87. The minimum absolute atomic E-state index is 0.341. The zero-order valence-electron chi connectivity index (χ0n) is 10.8. The molecule has 0 spiro atoms. The Hall–Kier alpha value is -2.14. The van der Waals surface area contributed by atoms with E-state index in [2.05, 4.69) is 17.1 Å². The zero-order chi connectivity index (χ0) is 14.1. The molecule has 2 heterocycles. The lowest BCUT2D eigenvalue weighted by Crippen LogP contribution is -2.00. The Morgan fingerprint density at radius 3 is 2.95 bits per heavy atom. The second kappa shape index (κ2) is 5.09. The molecule has 0 radical (unpaired) electrons. The Bertz CT molecular complexity index is 762. The zero-order valence-corrected chi connectivity index (χ0v) is 11.6. The summed E-state index contributed by atoms with van der Waals surface area (Å²) < 4.78 is 7.27. The van der Waals surface area contributed by atoms with Gasteiger partial charge in [-0.3, -0.25) is 4.79 Å². The van der Waals surface area contributed by atoms with Crippen molar-refractivity contribution < 1.29 is 9.21 Å². The topological polar surface area (TPSA) is 60.9 Å². The quantitative estimate of drug-likeness (QED) is 0.689. The van der Waals surface area contributed by atoms with E-state index < -0.39 is 0 Å². The molecule has 6 heteroatoms. The molecule has 2 aromatic heterocycles. The summed E-state index contributed by atoms with van der Waals surface area (Å²) in [5, 5.41) is 9.08. The summed E-state index contributed by atoms with van der Waals surface area (Å²) in [5.74, 6) is 0.341. The van der Waals surface area contributed by atoms with Gasteiger partial charge in [0.05, 0.1) is 11.1 Å². The van der Waals surface area contributed by atoms with E-state index in [1.807, 2.05) is 16.7 Å². The molecule has 0 amide bonds. The van der Waals surface area contributed by atoms with Gasteiger partial charge in [-0.2, -0.15) is 0 Å². The molecule has 0 saturated carbocycles. The predicted octanol–water partition coefficient (Wildman–Crippen LogP) is 3.57. The lowest BCUT2D eigenvalue weighted by molar-refractivity contribution is 0.112. The molecule has 0 N–H and O–H groups in total. The van der Waals surface area contributed by atoms with E-state index in [1.54, 1.807) is 6.07 Å². The van der Waals surface area contributed by atoms with Gasteiger partial charge >= 0.3 is 0 Å². The van der Waals surface area contributed by atoms with Crippen LogP contribution in [0.15, 0.2) is 29.0 Å². The number of aryl methyl sites for hydroxylation is 1. The van der Waals surface area contributed by atoms with E-state index in [4.69, 9.17) is 16.0 Å². The van der Waals surface area contributed by atoms with Gasteiger partial charge in [-0.1, -0.05) is 24.6 Å². The first kappa shape index (κ1) is 12.9. The van der Waals surface area contributed by atoms with Crippen LogP contribution in [-0.2, 0) is 6.54 Å². The largest absolute Gasteiger partial charge is 0.422 e. The highest BCUT2D eigenvalue weighted by Crippen LogP contribution is 2.33. The fourth-order valence-corrected chi connectivity index (χ4v) is 2.60. The number of carbonyl (C=O) groups is 1. The molecule has 102 valence electrons. The molecule has 0 aliphatic rings. The number of halogens is 1. The van der Waals surface area contributed by atoms with E-state index in [9.17, 15) is 4.79 Å². The van der Waals surface area contributed by atoms with E-state index in [-0.39, 0.29) is 0 Å². The number of fused-ring (bicyclic) bond motifs is 1. The minimum atomic E-state index is 0.341. The monoisotopic (exact) mass is 289 g/mol. The van der Waals surface area contributed by atoms with Crippen molar-refractivity contribution in [1.29, 1.82) is 0 Å². The van der Waals surface area contributed by atoms with Gasteiger partial charge in [0, 0.05) is 17.0 Å². The number of benzene rings is 1. The third-order valence-corrected chi connectivity index (χ3v) is 3.43. The number of rotatable bonds is 4. The van der Waals surface area contributed by atoms with E-state index in [1.165, 1.54) is 6.39 Å². The number of aldehydes is 1. The van der Waals surface area contributed by atoms with Gasteiger partial charge in [-0.25, -0.2) is 0 Å². The van der Waals surface area contributed by atoms with Crippen LogP contribution < -0.4 is 0 Å². The fourth-order valence-electron chi connectivity index (χ4n) is 2.43. The first-order valence-corrected chi connectivity index (χ1v) is 6.67. The lowest BCUT2D eigenvalue weighted by atomic mass is 10.1. The maximum Gasteiger partial charge on any atom is 0.264 e. The summed E-state index contributed by atoms with van der Waals surface area (Å²) in [5.41, 5.74) is 2.10. The molecule has 0 aliphatic heterocycles. The van der Waals surface area contributed by atoms with E-state index in [0.717, 1.165) is 30.2 Å². The smallest absolute Gasteiger partial charge is 0.264 e. The van der Waals surface area contributed by atoms with Crippen LogP contribution in [0.4, 0.5) is 0 Å². The third-order valence-electron chi connectivity index (χ3n) is 3.19. The standard InChI is InChI=1S/C14H12ClN3O2/c1-2-5-18-12-6-9(15)3-4-10(12)11(7-19)13(18)14-17-16-8-20-14/h3-4,6-8H,2,5H2,1H3. The number of nitrogens with zero attached hydrogens (tertiary/aromatic N) is 3. The molecule has 0 bridgehead atoms. The van der Waals surface area contributed by atoms with Crippen molar-refractivity contribution in [2.24, 2.45) is 0 Å². The van der Waals surface area contributed by atoms with Crippen LogP contribution in [0, 0.1) is 0 Å². The highest BCUT2D eigenvalue weighted by atomic mass is 35.5. The molecule has 0 saturated heterocycles. The Labute approximate surface area is 120 Å². The molecule has 0 unspecified atom stereocenters. The van der Waals surface area contributed by atoms with Crippen LogP contribution in [0.5, 0.6) is 0 Å². The highest BCUT2D eigenvalue weighted by Gasteiger charge is 2.21. The first-order valence-electron chi connectivity index (χ1n) is 6.29. The van der Waals surface area contributed by atoms with Gasteiger partial charge in [0.25, 0.3) is 5.89 Å². The summed E-state index contributed by atoms with van der Waals surface area (Å²) in [6, 6.07) is 5.46. The van der Waals surface area contributed by atoms with Crippen molar-refractivity contribution in [2.45, 2.75) is 19.9 Å². The van der Waals surface area contributed by atoms with Gasteiger partial charge in [0.15, 0.2) is 6.29 Å². The minimum Gasteiger partial charge on any atom is -0.422 e. The molecule has 3 aromatic rings. The van der Waals surface area contributed by atoms with Gasteiger partial charge in [-0.15, -0.1) is 10.2 Å². The molecule has 0 aliphatic carbocycles. The second-order valence-electron chi connectivity index (χ2n) is 4.44. The van der Waals surface area contributed by atoms with Crippen LogP contribution in [0.25, 0.3) is 22.5 Å². The maximum absolute atomic E-state index is 11.5. The summed E-state index contributed by atoms with van der Waals surface area (Å²) in [6.45, 7) is 2.80. The molecule has 0 atom stereocenters. The molecule has 5 nitrogen and oxygen atoms in total. The van der Waals surface area contributed by atoms with Gasteiger partial charge < -0.3 is 8.98 Å². The molecule has 20 heavy (non-hydrogen) atoms. The third kappa shape index (κ3) is 1.91. The number of aromatic nitrogens is 3. The summed E-state index contributed by atoms with van der Waals surface area (Å²) >= 11 is 6.07. The SMILES string of the molecule is CCCn1c(-c2nnco2)c(C=O)c2ccc(Cl)cc21. The Morgan fingerprint density at radius 2 is 2.30 bits per heavy atom. The van der Waals surface area contributed by atoms with Crippen LogP contribution >= 0.6 is 11.6 Å². The van der Waals surface area contributed by atoms with Crippen molar-refractivity contribution in [2.75, 3.05) is 0 Å². The van der Waals surface area contributed by atoms with Crippen molar-refractivity contribution in [3.8, 4) is 11.6 Å².